The summed E-state index contributed by atoms with van der Waals surface area (Å²) in [4.78, 5) is 11.5. The predicted octanol–water partition coefficient (Wildman–Crippen LogP) is 1.67. The van der Waals surface area contributed by atoms with Gasteiger partial charge >= 0.3 is 0 Å². The fraction of sp³-hybridized carbons (Fsp3) is 0.562. The molecule has 0 fully saturated rings. The van der Waals surface area contributed by atoms with Crippen LogP contribution in [-0.2, 0) is 16.0 Å². The average Bonchev–Trinajstić information content (AvgIpc) is 2.43. The second-order valence-corrected chi connectivity index (χ2v) is 5.15. The molecule has 1 aromatic rings. The third-order valence-corrected chi connectivity index (χ3v) is 3.19. The summed E-state index contributed by atoms with van der Waals surface area (Å²) in [5, 5.41) is 6.04. The van der Waals surface area contributed by atoms with Gasteiger partial charge in [0, 0.05) is 19.7 Å². The van der Waals surface area contributed by atoms with Gasteiger partial charge in [0.2, 0.25) is 5.91 Å². The van der Waals surface area contributed by atoms with Crippen molar-refractivity contribution in [3.8, 4) is 0 Å². The minimum Gasteiger partial charge on any atom is -0.383 e. The van der Waals surface area contributed by atoms with Crippen LogP contribution in [0.2, 0.25) is 0 Å². The molecule has 1 atom stereocenters. The van der Waals surface area contributed by atoms with Gasteiger partial charge in [-0.15, -0.1) is 0 Å². The number of carbonyl (C=O) groups is 1. The van der Waals surface area contributed by atoms with Crippen LogP contribution in [0.25, 0.3) is 0 Å². The first kappa shape index (κ1) is 16.7. The van der Waals surface area contributed by atoms with E-state index in [0.717, 1.165) is 12.8 Å². The van der Waals surface area contributed by atoms with E-state index >= 15 is 0 Å². The summed E-state index contributed by atoms with van der Waals surface area (Å²) in [5.41, 5.74) is 2.64. The number of benzene rings is 1. The molecule has 0 saturated carbocycles. The molecule has 1 unspecified atom stereocenters. The molecule has 0 saturated heterocycles. The number of amides is 1. The number of nitrogens with one attached hydrogen (secondary N) is 2. The van der Waals surface area contributed by atoms with Crippen LogP contribution in [0, 0.1) is 6.92 Å². The number of rotatable bonds is 9. The molecule has 0 spiro atoms. The van der Waals surface area contributed by atoms with Gasteiger partial charge in [-0.05, 0) is 32.3 Å². The third kappa shape index (κ3) is 7.26. The van der Waals surface area contributed by atoms with Gasteiger partial charge < -0.3 is 15.4 Å². The fourth-order valence-corrected chi connectivity index (χ4v) is 1.97. The highest BCUT2D eigenvalue weighted by Crippen LogP contribution is 2.07. The maximum atomic E-state index is 11.5. The zero-order valence-corrected chi connectivity index (χ0v) is 12.7. The van der Waals surface area contributed by atoms with Crippen molar-refractivity contribution in [2.45, 2.75) is 32.7 Å². The Bertz CT molecular complexity index is 407. The number of methoxy groups -OCH3 is 1. The Hall–Kier alpha value is -1.39. The maximum Gasteiger partial charge on any atom is 0.234 e. The molecular formula is C16H26N2O2. The van der Waals surface area contributed by atoms with Crippen LogP contribution in [0.5, 0.6) is 0 Å². The van der Waals surface area contributed by atoms with Gasteiger partial charge in [0.1, 0.15) is 0 Å². The van der Waals surface area contributed by atoms with E-state index in [1.54, 1.807) is 7.11 Å². The second-order valence-electron chi connectivity index (χ2n) is 5.15. The van der Waals surface area contributed by atoms with Gasteiger partial charge in [0.25, 0.3) is 0 Å². The molecule has 4 heteroatoms. The van der Waals surface area contributed by atoms with Crippen molar-refractivity contribution in [3.05, 3.63) is 35.4 Å². The van der Waals surface area contributed by atoms with Crippen LogP contribution in [0.1, 0.15) is 24.5 Å². The molecule has 1 rings (SSSR count). The van der Waals surface area contributed by atoms with Gasteiger partial charge in [-0.2, -0.15) is 0 Å². The lowest BCUT2D eigenvalue weighted by Gasteiger charge is -2.14. The average molecular weight is 278 g/mol. The van der Waals surface area contributed by atoms with Gasteiger partial charge in [0.05, 0.1) is 13.2 Å². The summed E-state index contributed by atoms with van der Waals surface area (Å²) in [6.07, 6.45) is 2.05. The smallest absolute Gasteiger partial charge is 0.234 e. The van der Waals surface area contributed by atoms with Crippen LogP contribution in [0.4, 0.5) is 0 Å². The Morgan fingerprint density at radius 1 is 1.40 bits per heavy atom. The molecule has 0 aliphatic rings. The summed E-state index contributed by atoms with van der Waals surface area (Å²) in [6, 6.07) is 8.88. The SMILES string of the molecule is COCCNC(=O)CNC(C)CCc1cccc(C)c1. The van der Waals surface area contributed by atoms with Crippen molar-refractivity contribution in [1.29, 1.82) is 0 Å². The van der Waals surface area contributed by atoms with Crippen LogP contribution in [0.3, 0.4) is 0 Å². The van der Waals surface area contributed by atoms with Crippen LogP contribution in [0.15, 0.2) is 24.3 Å². The lowest BCUT2D eigenvalue weighted by Crippen LogP contribution is -2.39. The van der Waals surface area contributed by atoms with E-state index in [1.807, 2.05) is 0 Å². The van der Waals surface area contributed by atoms with Crippen molar-refractivity contribution in [1.82, 2.24) is 10.6 Å². The minimum absolute atomic E-state index is 0.0180. The molecule has 0 aromatic heterocycles. The van der Waals surface area contributed by atoms with Gasteiger partial charge in [-0.25, -0.2) is 0 Å². The van der Waals surface area contributed by atoms with Crippen molar-refractivity contribution in [2.24, 2.45) is 0 Å². The van der Waals surface area contributed by atoms with E-state index in [1.165, 1.54) is 11.1 Å². The first-order valence-corrected chi connectivity index (χ1v) is 7.16. The normalized spacial score (nSPS) is 12.2. The number of carbonyl (C=O) groups excluding carboxylic acids is 1. The fourth-order valence-electron chi connectivity index (χ4n) is 1.97. The predicted molar refractivity (Wildman–Crippen MR) is 81.9 cm³/mol. The molecule has 0 aliphatic carbocycles. The minimum atomic E-state index is 0.0180. The summed E-state index contributed by atoms with van der Waals surface area (Å²) in [7, 11) is 1.62. The highest BCUT2D eigenvalue weighted by atomic mass is 16.5. The quantitative estimate of drug-likeness (QED) is 0.676. The molecule has 112 valence electrons. The molecular weight excluding hydrogens is 252 g/mol. The standard InChI is InChI=1S/C16H26N2O2/c1-13-5-4-6-15(11-13)8-7-14(2)18-12-16(19)17-9-10-20-3/h4-6,11,14,18H,7-10,12H2,1-3H3,(H,17,19). The number of ether oxygens (including phenoxy) is 1. The van der Waals surface area contributed by atoms with Crippen molar-refractivity contribution < 1.29 is 9.53 Å². The van der Waals surface area contributed by atoms with Gasteiger partial charge in [-0.1, -0.05) is 29.8 Å². The zero-order valence-electron chi connectivity index (χ0n) is 12.7. The maximum absolute atomic E-state index is 11.5. The molecule has 4 nitrogen and oxygen atoms in total. The summed E-state index contributed by atoms with van der Waals surface area (Å²) in [5.74, 6) is 0.0180. The Kier molecular flexibility index (Phi) is 7.92. The molecule has 0 aliphatic heterocycles. The number of hydrogen-bond acceptors (Lipinski definition) is 3. The first-order chi connectivity index (χ1) is 9.61. The first-order valence-electron chi connectivity index (χ1n) is 7.16. The Morgan fingerprint density at radius 3 is 2.90 bits per heavy atom. The highest BCUT2D eigenvalue weighted by Gasteiger charge is 2.05. The van der Waals surface area contributed by atoms with E-state index in [4.69, 9.17) is 4.74 Å². The van der Waals surface area contributed by atoms with Crippen LogP contribution >= 0.6 is 0 Å². The molecule has 0 heterocycles. The van der Waals surface area contributed by atoms with Crippen molar-refractivity contribution >= 4 is 5.91 Å². The van der Waals surface area contributed by atoms with Gasteiger partial charge in [0.15, 0.2) is 0 Å². The van der Waals surface area contributed by atoms with E-state index in [0.29, 0.717) is 25.7 Å². The summed E-state index contributed by atoms with van der Waals surface area (Å²) in [6.45, 7) is 5.69. The summed E-state index contributed by atoms with van der Waals surface area (Å²) < 4.78 is 4.88. The van der Waals surface area contributed by atoms with Crippen LogP contribution < -0.4 is 10.6 Å². The Balaban J connectivity index is 2.17. The lowest BCUT2D eigenvalue weighted by atomic mass is 10.0. The summed E-state index contributed by atoms with van der Waals surface area (Å²) >= 11 is 0. The van der Waals surface area contributed by atoms with Gasteiger partial charge in [-0.3, -0.25) is 4.79 Å². The second kappa shape index (κ2) is 9.50. The molecule has 0 bridgehead atoms. The topological polar surface area (TPSA) is 50.4 Å². The highest BCUT2D eigenvalue weighted by molar-refractivity contribution is 5.77. The molecule has 1 amide bonds. The van der Waals surface area contributed by atoms with E-state index < -0.39 is 0 Å². The monoisotopic (exact) mass is 278 g/mol. The molecule has 2 N–H and O–H groups in total. The lowest BCUT2D eigenvalue weighted by molar-refractivity contribution is -0.120. The number of aryl methyl sites for hydroxylation is 2. The third-order valence-electron chi connectivity index (χ3n) is 3.19. The molecule has 20 heavy (non-hydrogen) atoms. The zero-order chi connectivity index (χ0) is 14.8. The number of hydrogen-bond donors (Lipinski definition) is 2. The van der Waals surface area contributed by atoms with Crippen molar-refractivity contribution in [3.63, 3.8) is 0 Å². The van der Waals surface area contributed by atoms with E-state index in [9.17, 15) is 4.79 Å². The van der Waals surface area contributed by atoms with E-state index in [-0.39, 0.29) is 5.91 Å². The molecule has 1 aromatic carbocycles. The Labute approximate surface area is 121 Å². The van der Waals surface area contributed by atoms with E-state index in [2.05, 4.69) is 48.7 Å². The largest absolute Gasteiger partial charge is 0.383 e. The van der Waals surface area contributed by atoms with Crippen molar-refractivity contribution in [2.75, 3.05) is 26.8 Å². The Morgan fingerprint density at radius 2 is 2.20 bits per heavy atom. The molecule has 0 radical (unpaired) electrons. The van der Waals surface area contributed by atoms with Crippen LogP contribution in [-0.4, -0.2) is 38.8 Å².